The highest BCUT2D eigenvalue weighted by Gasteiger charge is 2.53. The summed E-state index contributed by atoms with van der Waals surface area (Å²) >= 11 is 0. The molecule has 1 fully saturated rings. The third-order valence-corrected chi connectivity index (χ3v) is 3.60. The van der Waals surface area contributed by atoms with Gasteiger partial charge in [0.25, 0.3) is 0 Å². The Hall–Kier alpha value is -2.21. The number of amides is 1. The molecule has 1 aromatic rings. The molecule has 2 bridgehead atoms. The number of nitrogens with one attached hydrogen (secondary N) is 1. The molecule has 5 nitrogen and oxygen atoms in total. The molecule has 0 saturated carbocycles. The predicted molar refractivity (Wildman–Crippen MR) is 67.4 cm³/mol. The molecule has 2 heterocycles. The second-order valence-electron chi connectivity index (χ2n) is 4.84. The van der Waals surface area contributed by atoms with Gasteiger partial charge in [-0.05, 0) is 24.3 Å². The minimum absolute atomic E-state index is 0.405. The number of halogens is 1. The van der Waals surface area contributed by atoms with E-state index in [1.807, 2.05) is 0 Å². The van der Waals surface area contributed by atoms with E-state index in [4.69, 9.17) is 4.74 Å². The van der Waals surface area contributed by atoms with E-state index in [2.05, 4.69) is 5.32 Å². The standard InChI is InChI=1S/C14H12FNO4/c15-7-1-3-8(4-2-7)16-13(17)11-9-5-6-10(20-9)12(11)14(18)19/h1-6,9-12H,(H,16,17)(H,18,19)/t9-,10-,11-,12+/m1/s1. The smallest absolute Gasteiger partial charge is 0.310 e. The van der Waals surface area contributed by atoms with Crippen molar-refractivity contribution >= 4 is 17.6 Å². The van der Waals surface area contributed by atoms with Crippen LogP contribution < -0.4 is 5.32 Å². The number of carbonyl (C=O) groups excluding carboxylic acids is 1. The summed E-state index contributed by atoms with van der Waals surface area (Å²) in [7, 11) is 0. The number of carbonyl (C=O) groups is 2. The Morgan fingerprint density at radius 1 is 1.10 bits per heavy atom. The van der Waals surface area contributed by atoms with Crippen molar-refractivity contribution < 1.29 is 23.8 Å². The number of hydrogen-bond acceptors (Lipinski definition) is 3. The van der Waals surface area contributed by atoms with Gasteiger partial charge in [0, 0.05) is 5.69 Å². The molecule has 0 aromatic heterocycles. The van der Waals surface area contributed by atoms with Crippen LogP contribution in [0.15, 0.2) is 36.4 Å². The summed E-state index contributed by atoms with van der Waals surface area (Å²) in [5, 5.41) is 11.8. The molecule has 4 atom stereocenters. The van der Waals surface area contributed by atoms with Crippen LogP contribution >= 0.6 is 0 Å². The van der Waals surface area contributed by atoms with Gasteiger partial charge in [0.1, 0.15) is 11.7 Å². The number of carboxylic acids is 1. The quantitative estimate of drug-likeness (QED) is 0.819. The molecule has 20 heavy (non-hydrogen) atoms. The first-order chi connectivity index (χ1) is 9.56. The average molecular weight is 277 g/mol. The first kappa shape index (κ1) is 12.8. The molecule has 0 aliphatic carbocycles. The Morgan fingerprint density at radius 3 is 2.30 bits per heavy atom. The maximum atomic E-state index is 12.8. The Morgan fingerprint density at radius 2 is 1.70 bits per heavy atom. The number of aliphatic carboxylic acids is 1. The van der Waals surface area contributed by atoms with E-state index in [1.165, 1.54) is 24.3 Å². The molecular weight excluding hydrogens is 265 g/mol. The molecule has 0 radical (unpaired) electrons. The number of anilines is 1. The Balaban J connectivity index is 1.78. The number of fused-ring (bicyclic) bond motifs is 2. The van der Waals surface area contributed by atoms with Crippen LogP contribution in [0.5, 0.6) is 0 Å². The molecule has 3 rings (SSSR count). The lowest BCUT2D eigenvalue weighted by molar-refractivity contribution is -0.145. The first-order valence-corrected chi connectivity index (χ1v) is 6.19. The summed E-state index contributed by atoms with van der Waals surface area (Å²) in [6.07, 6.45) is 2.31. The normalized spacial score (nSPS) is 30.4. The molecule has 2 aliphatic rings. The zero-order chi connectivity index (χ0) is 14.3. The maximum absolute atomic E-state index is 12.8. The fourth-order valence-corrected chi connectivity index (χ4v) is 2.67. The second-order valence-corrected chi connectivity index (χ2v) is 4.84. The van der Waals surface area contributed by atoms with E-state index < -0.39 is 41.7 Å². The molecular formula is C14H12FNO4. The van der Waals surface area contributed by atoms with Crippen molar-refractivity contribution in [2.45, 2.75) is 12.2 Å². The molecule has 0 spiro atoms. The van der Waals surface area contributed by atoms with E-state index in [1.54, 1.807) is 12.2 Å². The summed E-state index contributed by atoms with van der Waals surface area (Å²) in [4.78, 5) is 23.5. The molecule has 2 aliphatic heterocycles. The molecule has 1 aromatic carbocycles. The van der Waals surface area contributed by atoms with Gasteiger partial charge >= 0.3 is 5.97 Å². The van der Waals surface area contributed by atoms with Crippen LogP contribution in [0.3, 0.4) is 0 Å². The largest absolute Gasteiger partial charge is 0.481 e. The summed E-state index contributed by atoms with van der Waals surface area (Å²) in [6.45, 7) is 0. The van der Waals surface area contributed by atoms with Gasteiger partial charge in [-0.1, -0.05) is 12.2 Å². The van der Waals surface area contributed by atoms with Crippen molar-refractivity contribution in [2.75, 3.05) is 5.32 Å². The fraction of sp³-hybridized carbons (Fsp3) is 0.286. The number of rotatable bonds is 3. The zero-order valence-corrected chi connectivity index (χ0v) is 10.3. The topological polar surface area (TPSA) is 75.6 Å². The second kappa shape index (κ2) is 4.72. The SMILES string of the molecule is O=C(O)[C@@H]1[C@H](C(=O)Nc2ccc(F)cc2)[C@H]2C=C[C@H]1O2. The molecule has 2 N–H and O–H groups in total. The van der Waals surface area contributed by atoms with Crippen molar-refractivity contribution in [3.05, 3.63) is 42.2 Å². The van der Waals surface area contributed by atoms with Crippen molar-refractivity contribution in [1.29, 1.82) is 0 Å². The van der Waals surface area contributed by atoms with Gasteiger partial charge < -0.3 is 15.2 Å². The fourth-order valence-electron chi connectivity index (χ4n) is 2.67. The van der Waals surface area contributed by atoms with Crippen LogP contribution in [-0.2, 0) is 14.3 Å². The molecule has 0 unspecified atom stereocenters. The Labute approximate surface area is 114 Å². The minimum atomic E-state index is -1.05. The number of ether oxygens (including phenoxy) is 1. The van der Waals surface area contributed by atoms with Crippen molar-refractivity contribution in [3.63, 3.8) is 0 Å². The first-order valence-electron chi connectivity index (χ1n) is 6.19. The highest BCUT2D eigenvalue weighted by molar-refractivity contribution is 5.96. The highest BCUT2D eigenvalue weighted by Crippen LogP contribution is 2.39. The van der Waals surface area contributed by atoms with Gasteiger partial charge in [0.15, 0.2) is 0 Å². The lowest BCUT2D eigenvalue weighted by Gasteiger charge is -2.20. The minimum Gasteiger partial charge on any atom is -0.481 e. The predicted octanol–water partition coefficient (Wildman–Crippen LogP) is 1.42. The number of hydrogen-bond donors (Lipinski definition) is 2. The average Bonchev–Trinajstić information content (AvgIpc) is 3.01. The van der Waals surface area contributed by atoms with E-state index >= 15 is 0 Å². The number of carboxylic acid groups (broad SMARTS) is 1. The van der Waals surface area contributed by atoms with Gasteiger partial charge in [0.05, 0.1) is 18.1 Å². The molecule has 104 valence electrons. The van der Waals surface area contributed by atoms with E-state index in [9.17, 15) is 19.1 Å². The molecule has 1 amide bonds. The van der Waals surface area contributed by atoms with Crippen molar-refractivity contribution in [3.8, 4) is 0 Å². The monoisotopic (exact) mass is 277 g/mol. The van der Waals surface area contributed by atoms with Crippen LogP contribution in [0.25, 0.3) is 0 Å². The van der Waals surface area contributed by atoms with E-state index in [0.29, 0.717) is 5.69 Å². The van der Waals surface area contributed by atoms with Crippen LogP contribution in [0.2, 0.25) is 0 Å². The van der Waals surface area contributed by atoms with Gasteiger partial charge in [-0.3, -0.25) is 9.59 Å². The Bertz CT molecular complexity index is 583. The highest BCUT2D eigenvalue weighted by atomic mass is 19.1. The summed E-state index contributed by atoms with van der Waals surface area (Å²) in [5.41, 5.74) is 0.423. The molecule has 6 heteroatoms. The van der Waals surface area contributed by atoms with Gasteiger partial charge in [-0.15, -0.1) is 0 Å². The molecule has 1 saturated heterocycles. The summed E-state index contributed by atoms with van der Waals surface area (Å²) < 4.78 is 18.2. The van der Waals surface area contributed by atoms with Crippen molar-refractivity contribution in [2.24, 2.45) is 11.8 Å². The van der Waals surface area contributed by atoms with Gasteiger partial charge in [-0.2, -0.15) is 0 Å². The zero-order valence-electron chi connectivity index (χ0n) is 10.3. The van der Waals surface area contributed by atoms with Crippen LogP contribution in [0.4, 0.5) is 10.1 Å². The van der Waals surface area contributed by atoms with Crippen LogP contribution in [0.1, 0.15) is 0 Å². The van der Waals surface area contributed by atoms with Gasteiger partial charge in [-0.25, -0.2) is 4.39 Å². The van der Waals surface area contributed by atoms with Crippen LogP contribution in [0, 0.1) is 17.7 Å². The van der Waals surface area contributed by atoms with E-state index in [-0.39, 0.29) is 0 Å². The van der Waals surface area contributed by atoms with Crippen molar-refractivity contribution in [1.82, 2.24) is 0 Å². The maximum Gasteiger partial charge on any atom is 0.310 e. The lowest BCUT2D eigenvalue weighted by Crippen LogP contribution is -2.39. The van der Waals surface area contributed by atoms with Gasteiger partial charge in [0.2, 0.25) is 5.91 Å². The lowest BCUT2D eigenvalue weighted by atomic mass is 9.82. The summed E-state index contributed by atoms with van der Waals surface area (Å²) in [5.74, 6) is -3.54. The van der Waals surface area contributed by atoms with E-state index in [0.717, 1.165) is 0 Å². The third kappa shape index (κ3) is 2.08. The number of benzene rings is 1. The Kier molecular flexibility index (Phi) is 3.02. The third-order valence-electron chi connectivity index (χ3n) is 3.60. The van der Waals surface area contributed by atoms with Crippen LogP contribution in [-0.4, -0.2) is 29.2 Å². The summed E-state index contributed by atoms with van der Waals surface area (Å²) in [6, 6.07) is 5.29.